The highest BCUT2D eigenvalue weighted by Gasteiger charge is 2.42. The second-order valence-electron chi connectivity index (χ2n) is 4.97. The molecule has 2 aromatic carbocycles. The molecule has 0 spiro atoms. The van der Waals surface area contributed by atoms with Gasteiger partial charge in [-0.2, -0.15) is 0 Å². The number of nitrogens with two attached hydrogens (primary N) is 1. The molecule has 1 aliphatic rings. The number of para-hydroxylation sites is 1. The second kappa shape index (κ2) is 5.41. The standard InChI is InChI=1S/C16H15FN2OS/c17-12-6-2-3-7-13(12)19-16(15(18)20)9-10-21-14-8-4-1-5-11(14)16/h1-8,19H,9-10H2,(H2,18,20). The lowest BCUT2D eigenvalue weighted by atomic mass is 9.85. The van der Waals surface area contributed by atoms with Gasteiger partial charge in [-0.15, -0.1) is 11.8 Å². The topological polar surface area (TPSA) is 55.1 Å². The van der Waals surface area contributed by atoms with Crippen LogP contribution in [0.15, 0.2) is 53.4 Å². The number of rotatable bonds is 3. The smallest absolute Gasteiger partial charge is 0.247 e. The number of hydrogen-bond acceptors (Lipinski definition) is 3. The van der Waals surface area contributed by atoms with Crippen molar-refractivity contribution in [3.63, 3.8) is 0 Å². The molecule has 0 aliphatic carbocycles. The molecule has 1 unspecified atom stereocenters. The Bertz CT molecular complexity index is 691. The SMILES string of the molecule is NC(=O)C1(Nc2ccccc2F)CCSc2ccccc21. The summed E-state index contributed by atoms with van der Waals surface area (Å²) in [5.74, 6) is -0.131. The normalized spacial score (nSPS) is 20.6. The highest BCUT2D eigenvalue weighted by molar-refractivity contribution is 7.99. The molecular formula is C16H15FN2OS. The lowest BCUT2D eigenvalue weighted by Gasteiger charge is -2.37. The number of benzene rings is 2. The molecule has 2 aromatic rings. The zero-order chi connectivity index (χ0) is 14.9. The fourth-order valence-corrected chi connectivity index (χ4v) is 3.83. The zero-order valence-corrected chi connectivity index (χ0v) is 12.1. The minimum Gasteiger partial charge on any atom is -0.367 e. The van der Waals surface area contributed by atoms with E-state index in [2.05, 4.69) is 5.32 Å². The quantitative estimate of drug-likeness (QED) is 0.916. The summed E-state index contributed by atoms with van der Waals surface area (Å²) in [5, 5.41) is 3.06. The third-order valence-electron chi connectivity index (χ3n) is 3.72. The fraction of sp³-hybridized carbons (Fsp3) is 0.188. The lowest BCUT2D eigenvalue weighted by Crippen LogP contribution is -2.49. The molecule has 0 radical (unpaired) electrons. The number of nitrogens with one attached hydrogen (secondary N) is 1. The van der Waals surface area contributed by atoms with E-state index in [1.165, 1.54) is 6.07 Å². The van der Waals surface area contributed by atoms with Gasteiger partial charge in [-0.25, -0.2) is 4.39 Å². The molecule has 0 aromatic heterocycles. The highest BCUT2D eigenvalue weighted by Crippen LogP contribution is 2.42. The van der Waals surface area contributed by atoms with Crippen LogP contribution in [0, 0.1) is 5.82 Å². The number of fused-ring (bicyclic) bond motifs is 1. The second-order valence-corrected chi connectivity index (χ2v) is 6.11. The monoisotopic (exact) mass is 302 g/mol. The van der Waals surface area contributed by atoms with Crippen molar-refractivity contribution in [2.24, 2.45) is 5.73 Å². The van der Waals surface area contributed by atoms with Crippen molar-refractivity contribution in [3.8, 4) is 0 Å². The predicted octanol–water partition coefficient (Wildman–Crippen LogP) is 3.11. The Hall–Kier alpha value is -2.01. The third-order valence-corrected chi connectivity index (χ3v) is 4.80. The van der Waals surface area contributed by atoms with Gasteiger partial charge in [-0.1, -0.05) is 30.3 Å². The summed E-state index contributed by atoms with van der Waals surface area (Å²) in [6.45, 7) is 0. The molecule has 3 rings (SSSR count). The van der Waals surface area contributed by atoms with Crippen LogP contribution in [0.25, 0.3) is 0 Å². The molecule has 1 heterocycles. The molecule has 1 atom stereocenters. The number of primary amides is 1. The van der Waals surface area contributed by atoms with Crippen molar-refractivity contribution in [1.29, 1.82) is 0 Å². The van der Waals surface area contributed by atoms with E-state index in [4.69, 9.17) is 5.73 Å². The Balaban J connectivity index is 2.11. The number of hydrogen-bond donors (Lipinski definition) is 2. The fourth-order valence-electron chi connectivity index (χ4n) is 2.63. The van der Waals surface area contributed by atoms with Gasteiger partial charge in [-0.05, 0) is 24.6 Å². The van der Waals surface area contributed by atoms with Gasteiger partial charge in [0.05, 0.1) is 5.69 Å². The molecule has 1 aliphatic heterocycles. The summed E-state index contributed by atoms with van der Waals surface area (Å²) in [4.78, 5) is 13.2. The molecule has 0 saturated carbocycles. The number of thioether (sulfide) groups is 1. The first kappa shape index (κ1) is 13.9. The van der Waals surface area contributed by atoms with Crippen LogP contribution < -0.4 is 11.1 Å². The van der Waals surface area contributed by atoms with Gasteiger partial charge in [0.2, 0.25) is 5.91 Å². The number of amides is 1. The van der Waals surface area contributed by atoms with Gasteiger partial charge in [0.25, 0.3) is 0 Å². The average Bonchev–Trinajstić information content (AvgIpc) is 2.49. The van der Waals surface area contributed by atoms with E-state index in [0.717, 1.165) is 16.2 Å². The Labute approximate surface area is 126 Å². The van der Waals surface area contributed by atoms with Crippen molar-refractivity contribution in [1.82, 2.24) is 0 Å². The summed E-state index contributed by atoms with van der Waals surface area (Å²) in [5.41, 5.74) is 5.72. The van der Waals surface area contributed by atoms with Crippen LogP contribution in [0.5, 0.6) is 0 Å². The first-order valence-corrected chi connectivity index (χ1v) is 7.67. The van der Waals surface area contributed by atoms with E-state index in [0.29, 0.717) is 6.42 Å². The highest BCUT2D eigenvalue weighted by atomic mass is 32.2. The summed E-state index contributed by atoms with van der Waals surface area (Å²) in [6, 6.07) is 13.9. The van der Waals surface area contributed by atoms with E-state index in [9.17, 15) is 9.18 Å². The minimum atomic E-state index is -1.07. The van der Waals surface area contributed by atoms with Gasteiger partial charge in [0.1, 0.15) is 11.4 Å². The van der Waals surface area contributed by atoms with Gasteiger partial charge in [0, 0.05) is 16.2 Å². The van der Waals surface area contributed by atoms with Gasteiger partial charge in [-0.3, -0.25) is 4.79 Å². The largest absolute Gasteiger partial charge is 0.367 e. The molecule has 21 heavy (non-hydrogen) atoms. The molecule has 3 nitrogen and oxygen atoms in total. The molecule has 5 heteroatoms. The first-order valence-electron chi connectivity index (χ1n) is 6.68. The summed E-state index contributed by atoms with van der Waals surface area (Å²) < 4.78 is 13.9. The molecule has 0 bridgehead atoms. The molecular weight excluding hydrogens is 287 g/mol. The van der Waals surface area contributed by atoms with Crippen LogP contribution in [0.1, 0.15) is 12.0 Å². The maximum atomic E-state index is 13.9. The Morgan fingerprint density at radius 1 is 1.19 bits per heavy atom. The Kier molecular flexibility index (Phi) is 3.59. The summed E-state index contributed by atoms with van der Waals surface area (Å²) in [6.07, 6.45) is 0.526. The first-order chi connectivity index (χ1) is 10.1. The van der Waals surface area contributed by atoms with Crippen LogP contribution in [-0.2, 0) is 10.3 Å². The van der Waals surface area contributed by atoms with E-state index in [1.807, 2.05) is 24.3 Å². The zero-order valence-electron chi connectivity index (χ0n) is 11.3. The van der Waals surface area contributed by atoms with Crippen LogP contribution >= 0.6 is 11.8 Å². The molecule has 1 amide bonds. The van der Waals surface area contributed by atoms with Crippen LogP contribution in [0.2, 0.25) is 0 Å². The van der Waals surface area contributed by atoms with Gasteiger partial charge in [0.15, 0.2) is 0 Å². The number of carbonyl (C=O) groups is 1. The third kappa shape index (κ3) is 2.38. The summed E-state index contributed by atoms with van der Waals surface area (Å²) >= 11 is 1.68. The number of anilines is 1. The maximum absolute atomic E-state index is 13.9. The van der Waals surface area contributed by atoms with Gasteiger partial charge < -0.3 is 11.1 Å². The minimum absolute atomic E-state index is 0.290. The molecule has 0 fully saturated rings. The van der Waals surface area contributed by atoms with Crippen molar-refractivity contribution < 1.29 is 9.18 Å². The van der Waals surface area contributed by atoms with E-state index >= 15 is 0 Å². The van der Waals surface area contributed by atoms with Crippen LogP contribution in [-0.4, -0.2) is 11.7 Å². The Morgan fingerprint density at radius 2 is 1.90 bits per heavy atom. The number of halogens is 1. The lowest BCUT2D eigenvalue weighted by molar-refractivity contribution is -0.122. The molecule has 3 N–H and O–H groups in total. The van der Waals surface area contributed by atoms with Crippen molar-refractivity contribution in [3.05, 3.63) is 59.9 Å². The predicted molar refractivity (Wildman–Crippen MR) is 82.7 cm³/mol. The van der Waals surface area contributed by atoms with Crippen LogP contribution in [0.4, 0.5) is 10.1 Å². The van der Waals surface area contributed by atoms with E-state index < -0.39 is 17.3 Å². The van der Waals surface area contributed by atoms with Crippen molar-refractivity contribution >= 4 is 23.4 Å². The van der Waals surface area contributed by atoms with Gasteiger partial charge >= 0.3 is 0 Å². The van der Waals surface area contributed by atoms with E-state index in [-0.39, 0.29) is 5.69 Å². The molecule has 0 saturated heterocycles. The summed E-state index contributed by atoms with van der Waals surface area (Å²) in [7, 11) is 0. The van der Waals surface area contributed by atoms with Crippen LogP contribution in [0.3, 0.4) is 0 Å². The average molecular weight is 302 g/mol. The van der Waals surface area contributed by atoms with E-state index in [1.54, 1.807) is 30.0 Å². The Morgan fingerprint density at radius 3 is 2.67 bits per heavy atom. The van der Waals surface area contributed by atoms with Crippen molar-refractivity contribution in [2.45, 2.75) is 16.9 Å². The van der Waals surface area contributed by atoms with Crippen molar-refractivity contribution in [2.75, 3.05) is 11.1 Å². The molecule has 108 valence electrons. The maximum Gasteiger partial charge on any atom is 0.247 e. The number of carbonyl (C=O) groups excluding carboxylic acids is 1.